The zero-order chi connectivity index (χ0) is 9.61. The molecule has 0 saturated carbocycles. The highest BCUT2D eigenvalue weighted by Crippen LogP contribution is 2.27. The molecule has 0 aromatic carbocycles. The Morgan fingerprint density at radius 2 is 1.75 bits per heavy atom. The van der Waals surface area contributed by atoms with Gasteiger partial charge in [-0.15, -0.1) is 0 Å². The molecule has 0 spiro atoms. The summed E-state index contributed by atoms with van der Waals surface area (Å²) in [5, 5.41) is 0. The van der Waals surface area contributed by atoms with Gasteiger partial charge in [0.1, 0.15) is 8.24 Å². The van der Waals surface area contributed by atoms with E-state index in [2.05, 4.69) is 39.6 Å². The van der Waals surface area contributed by atoms with Gasteiger partial charge < -0.3 is 4.98 Å². The third kappa shape index (κ3) is 2.90. The fourth-order valence-corrected chi connectivity index (χ4v) is 6.27. The molecular formula is C10H25NSi. The van der Waals surface area contributed by atoms with Crippen LogP contribution in [0.4, 0.5) is 0 Å². The minimum atomic E-state index is -1.10. The Morgan fingerprint density at radius 3 is 2.00 bits per heavy atom. The minimum absolute atomic E-state index is 0.877. The second kappa shape index (κ2) is 5.76. The van der Waals surface area contributed by atoms with Crippen molar-refractivity contribution in [3.8, 4) is 0 Å². The van der Waals surface area contributed by atoms with E-state index in [0.29, 0.717) is 0 Å². The van der Waals surface area contributed by atoms with Crippen LogP contribution in [0.2, 0.25) is 17.6 Å². The van der Waals surface area contributed by atoms with Crippen molar-refractivity contribution in [2.75, 3.05) is 6.54 Å². The zero-order valence-electron chi connectivity index (χ0n) is 9.41. The first-order valence-electron chi connectivity index (χ1n) is 5.38. The zero-order valence-corrected chi connectivity index (χ0v) is 10.4. The average molecular weight is 187 g/mol. The van der Waals surface area contributed by atoms with E-state index in [1.165, 1.54) is 18.5 Å². The molecule has 1 atom stereocenters. The van der Waals surface area contributed by atoms with Gasteiger partial charge in [0, 0.05) is 0 Å². The van der Waals surface area contributed by atoms with Crippen LogP contribution in [0, 0.1) is 0 Å². The Morgan fingerprint density at radius 1 is 1.17 bits per heavy atom. The van der Waals surface area contributed by atoms with Gasteiger partial charge in [0.2, 0.25) is 0 Å². The summed E-state index contributed by atoms with van der Waals surface area (Å²) in [5.41, 5.74) is 0.877. The third-order valence-corrected chi connectivity index (χ3v) is 8.88. The lowest BCUT2D eigenvalue weighted by molar-refractivity contribution is 0.821. The van der Waals surface area contributed by atoms with Gasteiger partial charge in [-0.3, -0.25) is 0 Å². The molecule has 1 N–H and O–H groups in total. The summed E-state index contributed by atoms with van der Waals surface area (Å²) in [6.45, 7) is 12.8. The first kappa shape index (κ1) is 12.2. The monoisotopic (exact) mass is 187 g/mol. The highest BCUT2D eigenvalue weighted by Gasteiger charge is 2.32. The maximum atomic E-state index is 3.79. The molecule has 74 valence electrons. The predicted octanol–water partition coefficient (Wildman–Crippen LogP) is 3.38. The quantitative estimate of drug-likeness (QED) is 0.629. The van der Waals surface area contributed by atoms with Crippen LogP contribution in [-0.2, 0) is 0 Å². The van der Waals surface area contributed by atoms with Gasteiger partial charge in [-0.1, -0.05) is 41.0 Å². The van der Waals surface area contributed by atoms with E-state index >= 15 is 0 Å². The molecule has 0 aromatic heterocycles. The van der Waals surface area contributed by atoms with Gasteiger partial charge in [0.25, 0.3) is 0 Å². The van der Waals surface area contributed by atoms with E-state index in [1.54, 1.807) is 0 Å². The van der Waals surface area contributed by atoms with Crippen LogP contribution >= 0.6 is 0 Å². The fraction of sp³-hybridized carbons (Fsp3) is 1.00. The van der Waals surface area contributed by atoms with Crippen LogP contribution in [0.25, 0.3) is 0 Å². The third-order valence-electron chi connectivity index (χ3n) is 2.96. The van der Waals surface area contributed by atoms with Crippen LogP contribution in [0.1, 0.15) is 41.0 Å². The van der Waals surface area contributed by atoms with Gasteiger partial charge in [-0.05, 0) is 24.2 Å². The number of hydrogen-bond acceptors (Lipinski definition) is 1. The highest BCUT2D eigenvalue weighted by atomic mass is 28.3. The molecule has 0 fully saturated rings. The van der Waals surface area contributed by atoms with Crippen LogP contribution < -0.4 is 4.98 Å². The molecule has 0 aromatic rings. The van der Waals surface area contributed by atoms with Crippen LogP contribution in [0.3, 0.4) is 0 Å². The first-order valence-corrected chi connectivity index (χ1v) is 7.87. The number of hydrogen-bond donors (Lipinski definition) is 1. The van der Waals surface area contributed by atoms with E-state index in [9.17, 15) is 0 Å². The highest BCUT2D eigenvalue weighted by molar-refractivity contribution is 6.78. The Bertz CT molecular complexity index is 106. The molecule has 1 nitrogen and oxygen atoms in total. The molecular weight excluding hydrogens is 162 g/mol. The standard InChI is InChI=1S/C10H25NSi/c1-6-9-12(8-3,10(4)5)11-7-2/h10-11H,6-9H2,1-5H3. The van der Waals surface area contributed by atoms with Crippen molar-refractivity contribution >= 4 is 8.24 Å². The summed E-state index contributed by atoms with van der Waals surface area (Å²) >= 11 is 0. The van der Waals surface area contributed by atoms with E-state index in [4.69, 9.17) is 0 Å². The molecule has 0 saturated heterocycles. The van der Waals surface area contributed by atoms with Gasteiger partial charge in [-0.2, -0.15) is 0 Å². The second-order valence-corrected chi connectivity index (χ2v) is 8.97. The normalized spacial score (nSPS) is 16.5. The molecule has 0 aliphatic carbocycles. The summed E-state index contributed by atoms with van der Waals surface area (Å²) in [6, 6.07) is 2.82. The topological polar surface area (TPSA) is 12.0 Å². The summed E-state index contributed by atoms with van der Waals surface area (Å²) < 4.78 is 0. The van der Waals surface area contributed by atoms with Crippen molar-refractivity contribution in [3.63, 3.8) is 0 Å². The molecule has 0 heterocycles. The van der Waals surface area contributed by atoms with Gasteiger partial charge in [-0.25, -0.2) is 0 Å². The maximum Gasteiger partial charge on any atom is 0.127 e. The lowest BCUT2D eigenvalue weighted by atomic mass is 10.5. The van der Waals surface area contributed by atoms with Crippen molar-refractivity contribution in [3.05, 3.63) is 0 Å². The molecule has 0 aliphatic rings. The van der Waals surface area contributed by atoms with E-state index in [0.717, 1.165) is 12.1 Å². The SMILES string of the molecule is CCC[Si](CC)(NCC)C(C)C. The largest absolute Gasteiger partial charge is 0.337 e. The first-order chi connectivity index (χ1) is 5.63. The van der Waals surface area contributed by atoms with Crippen molar-refractivity contribution in [1.29, 1.82) is 0 Å². The van der Waals surface area contributed by atoms with Gasteiger partial charge >= 0.3 is 0 Å². The summed E-state index contributed by atoms with van der Waals surface area (Å²) in [5.74, 6) is 0. The van der Waals surface area contributed by atoms with Crippen LogP contribution in [0.15, 0.2) is 0 Å². The molecule has 2 heteroatoms. The molecule has 0 aliphatic heterocycles. The molecule has 0 bridgehead atoms. The summed E-state index contributed by atoms with van der Waals surface area (Å²) in [6.07, 6.45) is 1.34. The molecule has 12 heavy (non-hydrogen) atoms. The van der Waals surface area contributed by atoms with Crippen LogP contribution in [0.5, 0.6) is 0 Å². The van der Waals surface area contributed by atoms with Crippen LogP contribution in [-0.4, -0.2) is 14.8 Å². The second-order valence-electron chi connectivity index (χ2n) is 3.94. The molecule has 0 radical (unpaired) electrons. The van der Waals surface area contributed by atoms with E-state index in [1.807, 2.05) is 0 Å². The lowest BCUT2D eigenvalue weighted by Gasteiger charge is -2.35. The van der Waals surface area contributed by atoms with Crippen molar-refractivity contribution in [1.82, 2.24) is 4.98 Å². The molecule has 1 unspecified atom stereocenters. The van der Waals surface area contributed by atoms with Gasteiger partial charge in [0.05, 0.1) is 0 Å². The van der Waals surface area contributed by atoms with Crippen molar-refractivity contribution < 1.29 is 0 Å². The Hall–Kier alpha value is 0.177. The molecule has 0 amide bonds. The number of nitrogens with one attached hydrogen (secondary N) is 1. The smallest absolute Gasteiger partial charge is 0.127 e. The van der Waals surface area contributed by atoms with Crippen molar-refractivity contribution in [2.24, 2.45) is 0 Å². The number of rotatable bonds is 6. The van der Waals surface area contributed by atoms with E-state index in [-0.39, 0.29) is 0 Å². The average Bonchev–Trinajstić information content (AvgIpc) is 2.03. The summed E-state index contributed by atoms with van der Waals surface area (Å²) in [4.78, 5) is 3.79. The molecule has 0 rings (SSSR count). The van der Waals surface area contributed by atoms with Gasteiger partial charge in [0.15, 0.2) is 0 Å². The Balaban J connectivity index is 4.28. The minimum Gasteiger partial charge on any atom is -0.337 e. The van der Waals surface area contributed by atoms with E-state index < -0.39 is 8.24 Å². The lowest BCUT2D eigenvalue weighted by Crippen LogP contribution is -2.52. The Kier molecular flexibility index (Phi) is 5.84. The predicted molar refractivity (Wildman–Crippen MR) is 60.1 cm³/mol. The van der Waals surface area contributed by atoms with Crippen molar-refractivity contribution in [2.45, 2.75) is 58.7 Å². The Labute approximate surface area is 79.0 Å². The fourth-order valence-electron chi connectivity index (χ4n) is 2.09. The maximum absolute atomic E-state index is 3.79. The summed E-state index contributed by atoms with van der Waals surface area (Å²) in [7, 11) is -1.10.